The first-order chi connectivity index (χ1) is 12.7. The number of hydrogen-bond acceptors (Lipinski definition) is 5. The van der Waals surface area contributed by atoms with Gasteiger partial charge in [-0.25, -0.2) is 19.2 Å². The number of likely N-dealkylation sites (N-methyl/N-ethyl adjacent to an activating group) is 1. The molecular formula is C16H16F4N4O3. The minimum atomic E-state index is -4.84. The maximum absolute atomic E-state index is 13.2. The Hall–Kier alpha value is -2.95. The second-order valence-corrected chi connectivity index (χ2v) is 5.33. The molecule has 0 radical (unpaired) electrons. The highest BCUT2D eigenvalue weighted by Crippen LogP contribution is 2.22. The van der Waals surface area contributed by atoms with Gasteiger partial charge in [-0.2, -0.15) is 13.2 Å². The molecular weight excluding hydrogens is 372 g/mol. The molecule has 0 saturated heterocycles. The fourth-order valence-corrected chi connectivity index (χ4v) is 1.97. The fourth-order valence-electron chi connectivity index (χ4n) is 1.97. The van der Waals surface area contributed by atoms with Crippen LogP contribution in [0.5, 0.6) is 11.6 Å². The lowest BCUT2D eigenvalue weighted by atomic mass is 10.3. The number of hydrogen-bond donors (Lipinski definition) is 2. The Morgan fingerprint density at radius 2 is 2.07 bits per heavy atom. The van der Waals surface area contributed by atoms with E-state index in [4.69, 9.17) is 9.84 Å². The zero-order valence-corrected chi connectivity index (χ0v) is 14.1. The molecule has 11 heteroatoms. The molecule has 1 aromatic heterocycles. The Labute approximate surface area is 151 Å². The van der Waals surface area contributed by atoms with Gasteiger partial charge >= 0.3 is 12.2 Å². The molecule has 0 saturated carbocycles. The van der Waals surface area contributed by atoms with Crippen molar-refractivity contribution < 1.29 is 32.2 Å². The van der Waals surface area contributed by atoms with Crippen molar-refractivity contribution in [2.75, 3.05) is 18.4 Å². The molecule has 1 atom stereocenters. The molecule has 1 heterocycles. The molecule has 2 rings (SSSR count). The van der Waals surface area contributed by atoms with Crippen LogP contribution in [0.1, 0.15) is 6.92 Å². The first-order valence-corrected chi connectivity index (χ1v) is 7.75. The highest BCUT2D eigenvalue weighted by molar-refractivity contribution is 5.88. The first kappa shape index (κ1) is 20.4. The number of benzene rings is 1. The molecule has 1 unspecified atom stereocenters. The van der Waals surface area contributed by atoms with Crippen LogP contribution in [0.4, 0.5) is 28.2 Å². The summed E-state index contributed by atoms with van der Waals surface area (Å²) in [4.78, 5) is 20.5. The standard InChI is InChI=1S/C16H16F4N4O3/c1-2-24(8-12(25)16(18,19)20)15(26)23-13-7-14(22-9-21-13)27-11-5-3-4-10(17)6-11/h3-7,9,12,25H,2,8H2,1H3,(H,21,22,23,26). The number of carbonyl (C=O) groups excluding carboxylic acids is 1. The highest BCUT2D eigenvalue weighted by Gasteiger charge is 2.39. The lowest BCUT2D eigenvalue weighted by molar-refractivity contribution is -0.206. The van der Waals surface area contributed by atoms with E-state index in [1.165, 1.54) is 31.2 Å². The summed E-state index contributed by atoms with van der Waals surface area (Å²) in [6, 6.07) is 5.60. The summed E-state index contributed by atoms with van der Waals surface area (Å²) in [6.07, 6.45) is -6.44. The predicted octanol–water partition coefficient (Wildman–Crippen LogP) is 3.19. The van der Waals surface area contributed by atoms with Gasteiger partial charge in [-0.15, -0.1) is 0 Å². The molecule has 146 valence electrons. The van der Waals surface area contributed by atoms with E-state index < -0.39 is 30.7 Å². The van der Waals surface area contributed by atoms with Crippen LogP contribution in [0.25, 0.3) is 0 Å². The summed E-state index contributed by atoms with van der Waals surface area (Å²) < 4.78 is 55.9. The van der Waals surface area contributed by atoms with Crippen molar-refractivity contribution in [3.63, 3.8) is 0 Å². The third-order valence-electron chi connectivity index (χ3n) is 3.34. The number of carbonyl (C=O) groups is 1. The van der Waals surface area contributed by atoms with Crippen LogP contribution in [0.2, 0.25) is 0 Å². The Kier molecular flexibility index (Phi) is 6.50. The summed E-state index contributed by atoms with van der Waals surface area (Å²) >= 11 is 0. The molecule has 0 bridgehead atoms. The van der Waals surface area contributed by atoms with Crippen molar-refractivity contribution in [1.29, 1.82) is 0 Å². The average molecular weight is 388 g/mol. The number of alkyl halides is 3. The number of halogens is 4. The first-order valence-electron chi connectivity index (χ1n) is 7.75. The molecule has 2 aromatic rings. The van der Waals surface area contributed by atoms with Crippen molar-refractivity contribution >= 4 is 11.8 Å². The van der Waals surface area contributed by atoms with Gasteiger partial charge in [0.05, 0.1) is 6.54 Å². The maximum atomic E-state index is 13.2. The molecule has 27 heavy (non-hydrogen) atoms. The number of rotatable bonds is 6. The van der Waals surface area contributed by atoms with Crippen molar-refractivity contribution in [3.05, 3.63) is 42.5 Å². The molecule has 0 fully saturated rings. The largest absolute Gasteiger partial charge is 0.439 e. The van der Waals surface area contributed by atoms with Gasteiger partial charge in [-0.05, 0) is 19.1 Å². The van der Waals surface area contributed by atoms with Crippen LogP contribution in [0.15, 0.2) is 36.7 Å². The summed E-state index contributed by atoms with van der Waals surface area (Å²) in [6.45, 7) is 0.460. The van der Waals surface area contributed by atoms with E-state index in [1.54, 1.807) is 0 Å². The third kappa shape index (κ3) is 6.06. The van der Waals surface area contributed by atoms with Crippen molar-refractivity contribution in [1.82, 2.24) is 14.9 Å². The average Bonchev–Trinajstić information content (AvgIpc) is 2.58. The molecule has 0 aliphatic carbocycles. The fraction of sp³-hybridized carbons (Fsp3) is 0.312. The number of nitrogens with zero attached hydrogens (tertiary/aromatic N) is 3. The smallest absolute Gasteiger partial charge is 0.416 e. The van der Waals surface area contributed by atoms with Crippen molar-refractivity contribution in [2.45, 2.75) is 19.2 Å². The van der Waals surface area contributed by atoms with E-state index in [0.29, 0.717) is 0 Å². The number of urea groups is 1. The van der Waals surface area contributed by atoms with Gasteiger partial charge in [0, 0.05) is 18.7 Å². The van der Waals surface area contributed by atoms with Crippen LogP contribution < -0.4 is 10.1 Å². The van der Waals surface area contributed by atoms with E-state index in [-0.39, 0.29) is 24.0 Å². The van der Waals surface area contributed by atoms with Crippen LogP contribution in [0, 0.1) is 5.82 Å². The molecule has 2 N–H and O–H groups in total. The normalized spacial score (nSPS) is 12.4. The lowest BCUT2D eigenvalue weighted by Crippen LogP contribution is -2.45. The highest BCUT2D eigenvalue weighted by atomic mass is 19.4. The lowest BCUT2D eigenvalue weighted by Gasteiger charge is -2.25. The Balaban J connectivity index is 2.04. The van der Waals surface area contributed by atoms with Crippen LogP contribution >= 0.6 is 0 Å². The van der Waals surface area contributed by atoms with Crippen LogP contribution in [-0.2, 0) is 0 Å². The van der Waals surface area contributed by atoms with E-state index in [1.807, 2.05) is 0 Å². The minimum absolute atomic E-state index is 0.00993. The Morgan fingerprint density at radius 1 is 1.33 bits per heavy atom. The molecule has 1 aromatic carbocycles. The minimum Gasteiger partial charge on any atom is -0.439 e. The number of amides is 2. The van der Waals surface area contributed by atoms with Crippen molar-refractivity contribution in [2.24, 2.45) is 0 Å². The van der Waals surface area contributed by atoms with Gasteiger partial charge in [0.15, 0.2) is 6.10 Å². The predicted molar refractivity (Wildman–Crippen MR) is 86.8 cm³/mol. The van der Waals surface area contributed by atoms with Gasteiger partial charge < -0.3 is 14.7 Å². The number of anilines is 1. The van der Waals surface area contributed by atoms with E-state index >= 15 is 0 Å². The molecule has 7 nitrogen and oxygen atoms in total. The van der Waals surface area contributed by atoms with E-state index in [0.717, 1.165) is 17.3 Å². The van der Waals surface area contributed by atoms with Gasteiger partial charge in [0.1, 0.15) is 23.7 Å². The van der Waals surface area contributed by atoms with Gasteiger partial charge in [0.25, 0.3) is 0 Å². The molecule has 0 aliphatic rings. The van der Waals surface area contributed by atoms with E-state index in [9.17, 15) is 22.4 Å². The number of aliphatic hydroxyl groups excluding tert-OH is 1. The second kappa shape index (κ2) is 8.62. The second-order valence-electron chi connectivity index (χ2n) is 5.33. The Bertz CT molecular complexity index is 788. The maximum Gasteiger partial charge on any atom is 0.416 e. The number of aliphatic hydroxyl groups is 1. The molecule has 0 aliphatic heterocycles. The zero-order valence-electron chi connectivity index (χ0n) is 14.1. The van der Waals surface area contributed by atoms with Gasteiger partial charge in [-0.1, -0.05) is 6.07 Å². The summed E-state index contributed by atoms with van der Waals surface area (Å²) in [5, 5.41) is 11.4. The Morgan fingerprint density at radius 3 is 2.70 bits per heavy atom. The number of nitrogens with one attached hydrogen (secondary N) is 1. The number of aromatic nitrogens is 2. The third-order valence-corrected chi connectivity index (χ3v) is 3.34. The molecule has 0 spiro atoms. The topological polar surface area (TPSA) is 87.6 Å². The zero-order chi connectivity index (χ0) is 20.0. The van der Waals surface area contributed by atoms with Crippen LogP contribution in [-0.4, -0.2) is 51.4 Å². The van der Waals surface area contributed by atoms with Gasteiger partial charge in [0.2, 0.25) is 5.88 Å². The van der Waals surface area contributed by atoms with Gasteiger partial charge in [-0.3, -0.25) is 5.32 Å². The summed E-state index contributed by atoms with van der Waals surface area (Å²) in [5.41, 5.74) is 0. The summed E-state index contributed by atoms with van der Waals surface area (Å²) in [7, 11) is 0. The van der Waals surface area contributed by atoms with E-state index in [2.05, 4.69) is 15.3 Å². The SMILES string of the molecule is CCN(CC(O)C(F)(F)F)C(=O)Nc1cc(Oc2cccc(F)c2)ncn1. The quantitative estimate of drug-likeness (QED) is 0.743. The van der Waals surface area contributed by atoms with Crippen LogP contribution in [0.3, 0.4) is 0 Å². The molecule has 2 amide bonds. The summed E-state index contributed by atoms with van der Waals surface area (Å²) in [5.74, 6) is -0.406. The number of ether oxygens (including phenoxy) is 1. The van der Waals surface area contributed by atoms with Crippen molar-refractivity contribution in [3.8, 4) is 11.6 Å². The monoisotopic (exact) mass is 388 g/mol.